The van der Waals surface area contributed by atoms with Crippen LogP contribution in [0.4, 0.5) is 4.79 Å². The maximum absolute atomic E-state index is 14.0. The van der Waals surface area contributed by atoms with Crippen molar-refractivity contribution in [1.82, 2.24) is 15.5 Å². The second-order valence-electron chi connectivity index (χ2n) is 10.5. The number of alkyl carbamates (subject to hydrolysis) is 1. The van der Waals surface area contributed by atoms with Gasteiger partial charge >= 0.3 is 12.1 Å². The molecule has 1 fully saturated rings. The molecular formula is C26H39N3O6. The van der Waals surface area contributed by atoms with Crippen LogP contribution in [0, 0.1) is 18.8 Å². The predicted molar refractivity (Wildman–Crippen MR) is 131 cm³/mol. The fourth-order valence-corrected chi connectivity index (χ4v) is 3.89. The quantitative estimate of drug-likeness (QED) is 0.515. The van der Waals surface area contributed by atoms with Gasteiger partial charge in [0, 0.05) is 6.04 Å². The SMILES string of the molecule is COC(=O)CNC(=O)C(c1cccc(C)c1)N(C(=O)C(NC(=O)OC(C)(C)C)C(C)C)C1CC1C. The number of hydrogen-bond donors (Lipinski definition) is 2. The van der Waals surface area contributed by atoms with E-state index in [0.717, 1.165) is 12.0 Å². The third-order valence-corrected chi connectivity index (χ3v) is 5.80. The molecule has 1 aliphatic carbocycles. The summed E-state index contributed by atoms with van der Waals surface area (Å²) in [5, 5.41) is 5.31. The van der Waals surface area contributed by atoms with Crippen molar-refractivity contribution in [1.29, 1.82) is 0 Å². The minimum absolute atomic E-state index is 0.182. The zero-order chi connectivity index (χ0) is 26.5. The number of nitrogens with zero attached hydrogens (tertiary/aromatic N) is 1. The van der Waals surface area contributed by atoms with Crippen molar-refractivity contribution in [3.63, 3.8) is 0 Å². The van der Waals surface area contributed by atoms with E-state index in [-0.39, 0.29) is 30.3 Å². The van der Waals surface area contributed by atoms with Crippen molar-refractivity contribution in [3.05, 3.63) is 35.4 Å². The van der Waals surface area contributed by atoms with Gasteiger partial charge in [0.1, 0.15) is 24.2 Å². The number of rotatable bonds is 9. The topological polar surface area (TPSA) is 114 Å². The van der Waals surface area contributed by atoms with Crippen LogP contribution in [0.1, 0.15) is 65.1 Å². The molecule has 0 heterocycles. The lowest BCUT2D eigenvalue weighted by Crippen LogP contribution is -2.56. The minimum atomic E-state index is -0.983. The van der Waals surface area contributed by atoms with Crippen molar-refractivity contribution in [2.75, 3.05) is 13.7 Å². The Balaban J connectivity index is 2.46. The number of hydrogen-bond acceptors (Lipinski definition) is 6. The second kappa shape index (κ2) is 11.6. The van der Waals surface area contributed by atoms with Crippen molar-refractivity contribution in [2.45, 2.75) is 78.6 Å². The molecule has 1 aromatic rings. The van der Waals surface area contributed by atoms with Crippen LogP contribution in [-0.4, -0.2) is 60.1 Å². The van der Waals surface area contributed by atoms with E-state index < -0.39 is 35.7 Å². The van der Waals surface area contributed by atoms with Crippen LogP contribution in [-0.2, 0) is 23.9 Å². The van der Waals surface area contributed by atoms with Crippen molar-refractivity contribution >= 4 is 23.9 Å². The Morgan fingerprint density at radius 1 is 1.17 bits per heavy atom. The molecule has 0 aliphatic heterocycles. The van der Waals surface area contributed by atoms with Crippen LogP contribution in [0.5, 0.6) is 0 Å². The molecule has 9 heteroatoms. The zero-order valence-corrected chi connectivity index (χ0v) is 22.0. The lowest BCUT2D eigenvalue weighted by Gasteiger charge is -2.36. The summed E-state index contributed by atoms with van der Waals surface area (Å²) in [6.45, 7) is 12.5. The molecule has 0 spiro atoms. The highest BCUT2D eigenvalue weighted by Crippen LogP contribution is 2.41. The highest BCUT2D eigenvalue weighted by molar-refractivity contribution is 5.93. The molecule has 0 radical (unpaired) electrons. The van der Waals surface area contributed by atoms with Gasteiger partial charge in [0.15, 0.2) is 0 Å². The van der Waals surface area contributed by atoms with Gasteiger partial charge in [0.2, 0.25) is 11.8 Å². The Kier molecular flexibility index (Phi) is 9.29. The standard InChI is InChI=1S/C26H39N3O6/c1-15(2)21(28-25(33)35-26(5,6)7)24(32)29(19-13-17(19)4)22(18-11-9-10-16(3)12-18)23(31)27-14-20(30)34-8/h9-12,15,17,19,21-22H,13-14H2,1-8H3,(H,27,31)(H,28,33). The molecule has 4 unspecified atom stereocenters. The molecule has 3 amide bonds. The molecule has 0 aromatic heterocycles. The monoisotopic (exact) mass is 489 g/mol. The molecule has 2 rings (SSSR count). The Labute approximate surface area is 207 Å². The van der Waals surface area contributed by atoms with Gasteiger partial charge < -0.3 is 25.0 Å². The number of benzene rings is 1. The Morgan fingerprint density at radius 2 is 1.80 bits per heavy atom. The first-order valence-corrected chi connectivity index (χ1v) is 12.0. The van der Waals surface area contributed by atoms with Gasteiger partial charge in [-0.2, -0.15) is 0 Å². The summed E-state index contributed by atoms with van der Waals surface area (Å²) < 4.78 is 10.0. The summed E-state index contributed by atoms with van der Waals surface area (Å²) in [4.78, 5) is 53.2. The first-order valence-electron chi connectivity index (χ1n) is 12.0. The van der Waals surface area contributed by atoms with Crippen LogP contribution in [0.3, 0.4) is 0 Å². The third kappa shape index (κ3) is 7.97. The second-order valence-corrected chi connectivity index (χ2v) is 10.5. The zero-order valence-electron chi connectivity index (χ0n) is 22.0. The van der Waals surface area contributed by atoms with Crippen LogP contribution in [0.2, 0.25) is 0 Å². The normalized spacial score (nSPS) is 18.8. The van der Waals surface area contributed by atoms with Crippen LogP contribution >= 0.6 is 0 Å². The van der Waals surface area contributed by atoms with Crippen molar-refractivity contribution < 1.29 is 28.7 Å². The first-order chi connectivity index (χ1) is 16.2. The fourth-order valence-electron chi connectivity index (χ4n) is 3.89. The Morgan fingerprint density at radius 3 is 2.29 bits per heavy atom. The highest BCUT2D eigenvalue weighted by Gasteiger charge is 2.48. The van der Waals surface area contributed by atoms with Crippen molar-refractivity contribution in [3.8, 4) is 0 Å². The molecule has 4 atom stereocenters. The van der Waals surface area contributed by atoms with Crippen LogP contribution in [0.25, 0.3) is 0 Å². The maximum atomic E-state index is 14.0. The van der Waals surface area contributed by atoms with Crippen LogP contribution < -0.4 is 10.6 Å². The van der Waals surface area contributed by atoms with Gasteiger partial charge in [-0.3, -0.25) is 14.4 Å². The number of aryl methyl sites for hydroxylation is 1. The number of amides is 3. The van der Waals surface area contributed by atoms with E-state index in [9.17, 15) is 19.2 Å². The van der Waals surface area contributed by atoms with E-state index in [0.29, 0.717) is 5.56 Å². The molecule has 1 aromatic carbocycles. The number of methoxy groups -OCH3 is 1. The summed E-state index contributed by atoms with van der Waals surface area (Å²) in [6.07, 6.45) is 0.0332. The Bertz CT molecular complexity index is 939. The van der Waals surface area contributed by atoms with Gasteiger partial charge in [-0.15, -0.1) is 0 Å². The Hall–Kier alpha value is -3.10. The summed E-state index contributed by atoms with van der Waals surface area (Å²) in [6, 6.07) is 5.29. The predicted octanol–water partition coefficient (Wildman–Crippen LogP) is 3.11. The minimum Gasteiger partial charge on any atom is -0.468 e. The van der Waals surface area contributed by atoms with Gasteiger partial charge in [0.25, 0.3) is 0 Å². The first kappa shape index (κ1) is 28.1. The largest absolute Gasteiger partial charge is 0.468 e. The third-order valence-electron chi connectivity index (χ3n) is 5.80. The van der Waals surface area contributed by atoms with Gasteiger partial charge in [-0.25, -0.2) is 4.79 Å². The number of ether oxygens (including phenoxy) is 2. The van der Waals surface area contributed by atoms with E-state index in [1.165, 1.54) is 7.11 Å². The summed E-state index contributed by atoms with van der Waals surface area (Å²) in [5.74, 6) is -1.53. The number of carbonyl (C=O) groups excluding carboxylic acids is 4. The van der Waals surface area contributed by atoms with E-state index in [1.54, 1.807) is 31.7 Å². The molecule has 1 saturated carbocycles. The van der Waals surface area contributed by atoms with E-state index in [1.807, 2.05) is 45.9 Å². The number of esters is 1. The molecule has 35 heavy (non-hydrogen) atoms. The molecule has 1 aliphatic rings. The van der Waals surface area contributed by atoms with E-state index in [4.69, 9.17) is 4.74 Å². The van der Waals surface area contributed by atoms with E-state index in [2.05, 4.69) is 15.4 Å². The molecular weight excluding hydrogens is 450 g/mol. The summed E-state index contributed by atoms with van der Waals surface area (Å²) in [7, 11) is 1.24. The average Bonchev–Trinajstić information content (AvgIpc) is 3.47. The molecule has 194 valence electrons. The van der Waals surface area contributed by atoms with E-state index >= 15 is 0 Å². The summed E-state index contributed by atoms with van der Waals surface area (Å²) in [5.41, 5.74) is 0.827. The molecule has 9 nitrogen and oxygen atoms in total. The highest BCUT2D eigenvalue weighted by atomic mass is 16.6. The number of carbonyl (C=O) groups is 4. The lowest BCUT2D eigenvalue weighted by molar-refractivity contribution is -0.146. The maximum Gasteiger partial charge on any atom is 0.408 e. The van der Waals surface area contributed by atoms with Gasteiger partial charge in [-0.05, 0) is 51.5 Å². The average molecular weight is 490 g/mol. The molecule has 0 saturated heterocycles. The molecule has 2 N–H and O–H groups in total. The lowest BCUT2D eigenvalue weighted by atomic mass is 9.97. The van der Waals surface area contributed by atoms with Crippen LogP contribution in [0.15, 0.2) is 24.3 Å². The molecule has 0 bridgehead atoms. The fraction of sp³-hybridized carbons (Fsp3) is 0.615. The summed E-state index contributed by atoms with van der Waals surface area (Å²) >= 11 is 0. The van der Waals surface area contributed by atoms with Gasteiger partial charge in [0.05, 0.1) is 7.11 Å². The number of nitrogens with one attached hydrogen (secondary N) is 2. The van der Waals surface area contributed by atoms with Crippen molar-refractivity contribution in [2.24, 2.45) is 11.8 Å². The van der Waals surface area contributed by atoms with Gasteiger partial charge in [-0.1, -0.05) is 50.6 Å². The smallest absolute Gasteiger partial charge is 0.408 e.